The van der Waals surface area contributed by atoms with Gasteiger partial charge in [0.25, 0.3) is 0 Å². The van der Waals surface area contributed by atoms with Gasteiger partial charge in [-0.25, -0.2) is 0 Å². The Morgan fingerprint density at radius 1 is 1.17 bits per heavy atom. The van der Waals surface area contributed by atoms with Crippen molar-refractivity contribution in [2.24, 2.45) is 11.8 Å². The van der Waals surface area contributed by atoms with E-state index in [4.69, 9.17) is 9.84 Å². The Labute approximate surface area is 179 Å². The summed E-state index contributed by atoms with van der Waals surface area (Å²) in [7, 11) is 1.58. The Morgan fingerprint density at radius 2 is 1.90 bits per heavy atom. The van der Waals surface area contributed by atoms with E-state index in [9.17, 15) is 14.4 Å². The predicted molar refractivity (Wildman–Crippen MR) is 111 cm³/mol. The Balaban J connectivity index is 1.86. The number of rotatable bonds is 11. The highest BCUT2D eigenvalue weighted by Gasteiger charge is 2.77. The minimum Gasteiger partial charge on any atom is -0.396 e. The summed E-state index contributed by atoms with van der Waals surface area (Å²) >= 11 is 0. The zero-order valence-corrected chi connectivity index (χ0v) is 18.5. The third kappa shape index (κ3) is 3.73. The first-order valence-corrected chi connectivity index (χ1v) is 11.5. The molecule has 30 heavy (non-hydrogen) atoms. The van der Waals surface area contributed by atoms with Gasteiger partial charge in [0.05, 0.1) is 17.4 Å². The summed E-state index contributed by atoms with van der Waals surface area (Å²) in [5.41, 5.74) is -1.64. The summed E-state index contributed by atoms with van der Waals surface area (Å²) in [6.07, 6.45) is 6.39. The molecule has 2 unspecified atom stereocenters. The predicted octanol–water partition coefficient (Wildman–Crippen LogP) is 0.966. The Bertz CT molecular complexity index is 671. The van der Waals surface area contributed by atoms with Crippen molar-refractivity contribution in [2.45, 2.75) is 82.5 Å². The quantitative estimate of drug-likeness (QED) is 0.429. The fourth-order valence-electron chi connectivity index (χ4n) is 5.76. The van der Waals surface area contributed by atoms with Crippen molar-refractivity contribution in [1.29, 1.82) is 0 Å². The fraction of sp³-hybridized carbons (Fsp3) is 0.864. The van der Waals surface area contributed by atoms with Crippen LogP contribution in [0, 0.1) is 11.8 Å². The Hall–Kier alpha value is -1.67. The lowest BCUT2D eigenvalue weighted by Gasteiger charge is -2.33. The molecule has 5 atom stereocenters. The van der Waals surface area contributed by atoms with E-state index >= 15 is 0 Å². The van der Waals surface area contributed by atoms with Gasteiger partial charge in [-0.1, -0.05) is 26.2 Å². The van der Waals surface area contributed by atoms with Crippen LogP contribution < -0.4 is 10.6 Å². The third-order valence-electron chi connectivity index (χ3n) is 7.19. The monoisotopic (exact) mass is 423 g/mol. The second kappa shape index (κ2) is 9.22. The average Bonchev–Trinajstić information content (AvgIpc) is 3.28. The smallest absolute Gasteiger partial charge is 0.245 e. The van der Waals surface area contributed by atoms with Gasteiger partial charge in [0.1, 0.15) is 11.6 Å². The van der Waals surface area contributed by atoms with E-state index in [-0.39, 0.29) is 24.3 Å². The second-order valence-electron chi connectivity index (χ2n) is 9.16. The number of hydrogen-bond acceptors (Lipinski definition) is 5. The van der Waals surface area contributed by atoms with Crippen LogP contribution in [-0.4, -0.2) is 71.7 Å². The first kappa shape index (κ1) is 23.0. The van der Waals surface area contributed by atoms with Gasteiger partial charge in [-0.3, -0.25) is 14.4 Å². The molecule has 0 aliphatic carbocycles. The molecule has 3 heterocycles. The van der Waals surface area contributed by atoms with E-state index in [1.165, 1.54) is 0 Å². The number of aliphatic hydroxyl groups excluding tert-OH is 1. The van der Waals surface area contributed by atoms with E-state index in [1.54, 1.807) is 11.9 Å². The van der Waals surface area contributed by atoms with Gasteiger partial charge < -0.3 is 25.4 Å². The average molecular weight is 424 g/mol. The minimum absolute atomic E-state index is 0.134. The fourth-order valence-corrected chi connectivity index (χ4v) is 5.76. The van der Waals surface area contributed by atoms with Crippen molar-refractivity contribution < 1.29 is 24.2 Å². The molecule has 0 saturated carbocycles. The number of nitrogens with zero attached hydrogens (tertiary/aromatic N) is 1. The van der Waals surface area contributed by atoms with E-state index in [0.717, 1.165) is 38.5 Å². The van der Waals surface area contributed by atoms with Crippen LogP contribution in [0.1, 0.15) is 65.2 Å². The van der Waals surface area contributed by atoms with Gasteiger partial charge in [0.2, 0.25) is 17.7 Å². The molecular weight excluding hydrogens is 386 g/mol. The zero-order valence-electron chi connectivity index (χ0n) is 18.5. The summed E-state index contributed by atoms with van der Waals surface area (Å²) in [6, 6.07) is -0.693. The molecule has 8 heteroatoms. The molecule has 3 aliphatic rings. The molecule has 0 aromatic carbocycles. The van der Waals surface area contributed by atoms with Crippen LogP contribution in [0.15, 0.2) is 0 Å². The largest absolute Gasteiger partial charge is 0.396 e. The van der Waals surface area contributed by atoms with Crippen LogP contribution in [0.4, 0.5) is 0 Å². The number of fused-ring (bicyclic) bond motifs is 1. The topological polar surface area (TPSA) is 108 Å². The molecule has 8 nitrogen and oxygen atoms in total. The summed E-state index contributed by atoms with van der Waals surface area (Å²) in [5, 5.41) is 14.7. The van der Waals surface area contributed by atoms with Crippen LogP contribution in [-0.2, 0) is 19.1 Å². The van der Waals surface area contributed by atoms with Crippen LogP contribution in [0.5, 0.6) is 0 Å². The lowest BCUT2D eigenvalue weighted by molar-refractivity contribution is -0.146. The molecular formula is C22H37N3O5. The molecule has 3 amide bonds. The van der Waals surface area contributed by atoms with Gasteiger partial charge in [-0.15, -0.1) is 0 Å². The molecule has 3 N–H and O–H groups in total. The second-order valence-corrected chi connectivity index (χ2v) is 9.16. The minimum atomic E-state index is -0.926. The highest BCUT2D eigenvalue weighted by molar-refractivity contribution is 5.99. The number of unbranched alkanes of at least 4 members (excludes halogenated alkanes) is 4. The number of amides is 3. The first-order valence-electron chi connectivity index (χ1n) is 11.5. The lowest BCUT2D eigenvalue weighted by atomic mass is 9.66. The molecule has 0 aromatic rings. The SMILES string of the molecule is CCCCNC(=O)C1N(CCCCCCO)C(=O)[C@@H]2[C@@H](C(=O)NC)[C@@]3(C)CCC12O3. The van der Waals surface area contributed by atoms with Gasteiger partial charge in [0, 0.05) is 26.7 Å². The molecule has 3 rings (SSSR count). The van der Waals surface area contributed by atoms with E-state index in [2.05, 4.69) is 17.6 Å². The molecule has 0 aromatic heterocycles. The van der Waals surface area contributed by atoms with Gasteiger partial charge in [0.15, 0.2) is 0 Å². The molecule has 0 radical (unpaired) electrons. The maximum Gasteiger partial charge on any atom is 0.245 e. The number of likely N-dealkylation sites (tertiary alicyclic amines) is 1. The molecule has 2 bridgehead atoms. The van der Waals surface area contributed by atoms with Crippen molar-refractivity contribution >= 4 is 17.7 Å². The van der Waals surface area contributed by atoms with E-state index in [1.807, 2.05) is 6.92 Å². The van der Waals surface area contributed by atoms with Gasteiger partial charge >= 0.3 is 0 Å². The Kier molecular flexibility index (Phi) is 7.07. The van der Waals surface area contributed by atoms with Crippen LogP contribution in [0.2, 0.25) is 0 Å². The highest BCUT2D eigenvalue weighted by Crippen LogP contribution is 2.63. The van der Waals surface area contributed by atoms with Gasteiger partial charge in [-0.2, -0.15) is 0 Å². The zero-order chi connectivity index (χ0) is 21.9. The van der Waals surface area contributed by atoms with Crippen LogP contribution >= 0.6 is 0 Å². The standard InChI is InChI=1S/C22H37N3O5/c1-4-5-12-24-19(28)17-22-11-10-21(2,30-22)15(18(27)23-3)16(22)20(29)25(17)13-8-6-7-9-14-26/h15-17,26H,4-14H2,1-3H3,(H,23,27)(H,24,28)/t15-,16-,17?,21+,22?/m0/s1. The number of carbonyl (C=O) groups is 3. The molecule has 3 aliphatic heterocycles. The third-order valence-corrected chi connectivity index (χ3v) is 7.19. The van der Waals surface area contributed by atoms with Crippen molar-refractivity contribution in [3.63, 3.8) is 0 Å². The van der Waals surface area contributed by atoms with Crippen molar-refractivity contribution in [2.75, 3.05) is 26.7 Å². The number of hydrogen-bond donors (Lipinski definition) is 3. The number of ether oxygens (including phenoxy) is 1. The molecule has 170 valence electrons. The molecule has 1 spiro atoms. The van der Waals surface area contributed by atoms with Gasteiger partial charge in [-0.05, 0) is 39.0 Å². The van der Waals surface area contributed by atoms with Crippen molar-refractivity contribution in [3.05, 3.63) is 0 Å². The maximum atomic E-state index is 13.6. The molecule has 3 saturated heterocycles. The number of carbonyl (C=O) groups excluding carboxylic acids is 3. The first-order chi connectivity index (χ1) is 14.4. The Morgan fingerprint density at radius 3 is 2.57 bits per heavy atom. The van der Waals surface area contributed by atoms with Crippen LogP contribution in [0.3, 0.4) is 0 Å². The van der Waals surface area contributed by atoms with E-state index in [0.29, 0.717) is 25.9 Å². The number of aliphatic hydroxyl groups is 1. The molecule has 3 fully saturated rings. The summed E-state index contributed by atoms with van der Waals surface area (Å²) in [5.74, 6) is -1.68. The normalized spacial score (nSPS) is 34.3. The summed E-state index contributed by atoms with van der Waals surface area (Å²) in [6.45, 7) is 5.17. The highest BCUT2D eigenvalue weighted by atomic mass is 16.5. The van der Waals surface area contributed by atoms with Crippen molar-refractivity contribution in [3.8, 4) is 0 Å². The summed E-state index contributed by atoms with van der Waals surface area (Å²) in [4.78, 5) is 41.2. The van der Waals surface area contributed by atoms with Crippen LogP contribution in [0.25, 0.3) is 0 Å². The lowest BCUT2D eigenvalue weighted by Crippen LogP contribution is -2.55. The number of nitrogens with one attached hydrogen (secondary N) is 2. The summed E-state index contributed by atoms with van der Waals surface area (Å²) < 4.78 is 6.48. The van der Waals surface area contributed by atoms with E-state index < -0.39 is 29.1 Å². The van der Waals surface area contributed by atoms with Crippen molar-refractivity contribution in [1.82, 2.24) is 15.5 Å². The maximum absolute atomic E-state index is 13.6.